The molecule has 0 amide bonds. The Kier molecular flexibility index (Phi) is 5.42. The van der Waals surface area contributed by atoms with Crippen molar-refractivity contribution in [2.45, 2.75) is 26.7 Å². The molecule has 0 spiro atoms. The third-order valence-corrected chi connectivity index (χ3v) is 4.01. The largest absolute Gasteiger partial charge is 0.496 e. The molecule has 0 aliphatic heterocycles. The molecule has 21 heavy (non-hydrogen) atoms. The maximum absolute atomic E-state index is 6.18. The van der Waals surface area contributed by atoms with Crippen molar-refractivity contribution in [1.82, 2.24) is 9.97 Å². The fraction of sp³-hybridized carbons (Fsp3) is 0.333. The average Bonchev–Trinajstić information content (AvgIpc) is 2.45. The molecule has 1 heterocycles. The van der Waals surface area contributed by atoms with E-state index in [0.717, 1.165) is 46.0 Å². The van der Waals surface area contributed by atoms with Gasteiger partial charge in [-0.25, -0.2) is 9.97 Å². The number of nitrogens with zero attached hydrogens (tertiary/aromatic N) is 2. The number of anilines is 2. The minimum absolute atomic E-state index is 0.489. The lowest BCUT2D eigenvalue weighted by Crippen LogP contribution is -2.03. The van der Waals surface area contributed by atoms with Crippen molar-refractivity contribution in [2.24, 2.45) is 0 Å². The van der Waals surface area contributed by atoms with Crippen LogP contribution in [0.15, 0.2) is 22.7 Å². The Morgan fingerprint density at radius 3 is 2.71 bits per heavy atom. The van der Waals surface area contributed by atoms with Crippen LogP contribution < -0.4 is 10.1 Å². The highest BCUT2D eigenvalue weighted by Gasteiger charge is 2.10. The topological polar surface area (TPSA) is 47.0 Å². The molecular weight excluding hydrogens is 354 g/mol. The van der Waals surface area contributed by atoms with Gasteiger partial charge in [-0.2, -0.15) is 0 Å². The highest BCUT2D eigenvalue weighted by molar-refractivity contribution is 9.10. The van der Waals surface area contributed by atoms with E-state index >= 15 is 0 Å². The van der Waals surface area contributed by atoms with Crippen LogP contribution in [-0.2, 0) is 6.42 Å². The number of nitrogens with one attached hydrogen (secondary N) is 1. The quantitative estimate of drug-likeness (QED) is 0.760. The molecule has 112 valence electrons. The van der Waals surface area contributed by atoms with Crippen molar-refractivity contribution >= 4 is 39.0 Å². The summed E-state index contributed by atoms with van der Waals surface area (Å²) < 4.78 is 6.10. The van der Waals surface area contributed by atoms with E-state index in [1.807, 2.05) is 25.1 Å². The fourth-order valence-corrected chi connectivity index (χ4v) is 2.60. The van der Waals surface area contributed by atoms with Crippen molar-refractivity contribution in [2.75, 3.05) is 12.4 Å². The number of ether oxygens (including phenoxy) is 1. The molecule has 0 radical (unpaired) electrons. The molecule has 0 fully saturated rings. The summed E-state index contributed by atoms with van der Waals surface area (Å²) in [5.74, 6) is 2.27. The number of rotatable bonds is 5. The Bertz CT molecular complexity index is 649. The molecule has 0 saturated heterocycles. The Labute approximate surface area is 138 Å². The van der Waals surface area contributed by atoms with Gasteiger partial charge in [0.25, 0.3) is 0 Å². The zero-order valence-corrected chi connectivity index (χ0v) is 14.5. The van der Waals surface area contributed by atoms with Gasteiger partial charge in [-0.3, -0.25) is 0 Å². The summed E-state index contributed by atoms with van der Waals surface area (Å²) in [4.78, 5) is 8.83. The van der Waals surface area contributed by atoms with Gasteiger partial charge in [0.15, 0.2) is 0 Å². The number of methoxy groups -OCH3 is 1. The first kappa shape index (κ1) is 16.0. The third-order valence-electron chi connectivity index (χ3n) is 3.02. The van der Waals surface area contributed by atoms with Gasteiger partial charge in [0.2, 0.25) is 0 Å². The highest BCUT2D eigenvalue weighted by atomic mass is 79.9. The minimum atomic E-state index is 0.489. The van der Waals surface area contributed by atoms with Crippen LogP contribution in [0.2, 0.25) is 5.15 Å². The summed E-state index contributed by atoms with van der Waals surface area (Å²) in [6.45, 7) is 3.99. The minimum Gasteiger partial charge on any atom is -0.496 e. The van der Waals surface area contributed by atoms with Crippen molar-refractivity contribution in [1.29, 1.82) is 0 Å². The standard InChI is InChI=1S/C15H17BrClN3O/c1-4-5-13-19-14(17)9(2)15(20-13)18-10-6-7-12(21-3)11(16)8-10/h6-8H,4-5H2,1-3H3,(H,18,19,20). The van der Waals surface area contributed by atoms with Crippen LogP contribution >= 0.6 is 27.5 Å². The van der Waals surface area contributed by atoms with Gasteiger partial charge in [-0.15, -0.1) is 0 Å². The molecule has 2 rings (SSSR count). The molecule has 0 unspecified atom stereocenters. The zero-order chi connectivity index (χ0) is 15.4. The second-order valence-corrected chi connectivity index (χ2v) is 5.84. The molecular formula is C15H17BrClN3O. The van der Waals surface area contributed by atoms with Crippen LogP contribution in [0.1, 0.15) is 24.7 Å². The second-order valence-electron chi connectivity index (χ2n) is 4.63. The zero-order valence-electron chi connectivity index (χ0n) is 12.2. The third kappa shape index (κ3) is 3.86. The maximum Gasteiger partial charge on any atom is 0.138 e. The van der Waals surface area contributed by atoms with Crippen molar-refractivity contribution in [3.05, 3.63) is 39.2 Å². The Hall–Kier alpha value is -1.33. The number of halogens is 2. The van der Waals surface area contributed by atoms with Gasteiger partial charge in [-0.05, 0) is 47.5 Å². The molecule has 0 aliphatic rings. The first-order chi connectivity index (χ1) is 10.0. The van der Waals surface area contributed by atoms with Crippen LogP contribution in [0.5, 0.6) is 5.75 Å². The number of benzene rings is 1. The van der Waals surface area contributed by atoms with E-state index < -0.39 is 0 Å². The fourth-order valence-electron chi connectivity index (χ4n) is 1.87. The Balaban J connectivity index is 2.32. The highest BCUT2D eigenvalue weighted by Crippen LogP contribution is 2.30. The van der Waals surface area contributed by atoms with Gasteiger partial charge >= 0.3 is 0 Å². The first-order valence-electron chi connectivity index (χ1n) is 6.68. The van der Waals surface area contributed by atoms with E-state index in [2.05, 4.69) is 38.1 Å². The Morgan fingerprint density at radius 1 is 1.33 bits per heavy atom. The summed E-state index contributed by atoms with van der Waals surface area (Å²) in [6, 6.07) is 5.75. The van der Waals surface area contributed by atoms with E-state index in [1.54, 1.807) is 7.11 Å². The lowest BCUT2D eigenvalue weighted by Gasteiger charge is -2.12. The molecule has 0 atom stereocenters. The van der Waals surface area contributed by atoms with Gasteiger partial charge < -0.3 is 10.1 Å². The first-order valence-corrected chi connectivity index (χ1v) is 7.85. The van der Waals surface area contributed by atoms with E-state index in [9.17, 15) is 0 Å². The molecule has 0 bridgehead atoms. The molecule has 2 aromatic rings. The van der Waals surface area contributed by atoms with Gasteiger partial charge in [0.05, 0.1) is 11.6 Å². The summed E-state index contributed by atoms with van der Waals surface area (Å²) in [7, 11) is 1.64. The van der Waals surface area contributed by atoms with Crippen LogP contribution in [0, 0.1) is 6.92 Å². The van der Waals surface area contributed by atoms with E-state index in [0.29, 0.717) is 5.15 Å². The van der Waals surface area contributed by atoms with E-state index in [1.165, 1.54) is 0 Å². The van der Waals surface area contributed by atoms with Gasteiger partial charge in [0.1, 0.15) is 22.5 Å². The molecule has 1 aromatic carbocycles. The van der Waals surface area contributed by atoms with Crippen LogP contribution in [-0.4, -0.2) is 17.1 Å². The monoisotopic (exact) mass is 369 g/mol. The second kappa shape index (κ2) is 7.09. The average molecular weight is 371 g/mol. The maximum atomic E-state index is 6.18. The number of hydrogen-bond donors (Lipinski definition) is 1. The van der Waals surface area contributed by atoms with E-state index in [4.69, 9.17) is 16.3 Å². The van der Waals surface area contributed by atoms with Crippen LogP contribution in [0.25, 0.3) is 0 Å². The predicted molar refractivity (Wildman–Crippen MR) is 89.8 cm³/mol. The summed E-state index contributed by atoms with van der Waals surface area (Å²) in [5, 5.41) is 3.77. The lowest BCUT2D eigenvalue weighted by atomic mass is 10.2. The molecule has 0 aliphatic carbocycles. The van der Waals surface area contributed by atoms with Crippen molar-refractivity contribution < 1.29 is 4.74 Å². The molecule has 6 heteroatoms. The molecule has 0 saturated carbocycles. The van der Waals surface area contributed by atoms with Crippen molar-refractivity contribution in [3.8, 4) is 5.75 Å². The number of hydrogen-bond acceptors (Lipinski definition) is 4. The van der Waals surface area contributed by atoms with E-state index in [-0.39, 0.29) is 0 Å². The number of aryl methyl sites for hydroxylation is 1. The van der Waals surface area contributed by atoms with Crippen molar-refractivity contribution in [3.63, 3.8) is 0 Å². The SMILES string of the molecule is CCCc1nc(Cl)c(C)c(Nc2ccc(OC)c(Br)c2)n1. The summed E-state index contributed by atoms with van der Waals surface area (Å²) in [6.07, 6.45) is 1.79. The number of aromatic nitrogens is 2. The summed E-state index contributed by atoms with van der Waals surface area (Å²) >= 11 is 9.65. The normalized spacial score (nSPS) is 10.5. The van der Waals surface area contributed by atoms with Gasteiger partial charge in [-0.1, -0.05) is 18.5 Å². The lowest BCUT2D eigenvalue weighted by molar-refractivity contribution is 0.412. The predicted octanol–water partition coefficient (Wildman–Crippen LogP) is 4.91. The molecule has 1 aromatic heterocycles. The van der Waals surface area contributed by atoms with Gasteiger partial charge in [0, 0.05) is 17.7 Å². The molecule has 1 N–H and O–H groups in total. The summed E-state index contributed by atoms with van der Waals surface area (Å²) in [5.41, 5.74) is 1.74. The Morgan fingerprint density at radius 2 is 2.10 bits per heavy atom. The van der Waals surface area contributed by atoms with Crippen LogP contribution in [0.4, 0.5) is 11.5 Å². The smallest absolute Gasteiger partial charge is 0.138 e. The van der Waals surface area contributed by atoms with Crippen LogP contribution in [0.3, 0.4) is 0 Å². The molecule has 4 nitrogen and oxygen atoms in total.